The lowest BCUT2D eigenvalue weighted by atomic mass is 9.86. The number of anilines is 1. The molecule has 0 bridgehead atoms. The molecule has 2 aromatic carbocycles. The van der Waals surface area contributed by atoms with Crippen molar-refractivity contribution in [1.82, 2.24) is 9.13 Å². The second-order valence-electron chi connectivity index (χ2n) is 9.64. The van der Waals surface area contributed by atoms with Crippen LogP contribution in [0.5, 0.6) is 0 Å². The lowest BCUT2D eigenvalue weighted by molar-refractivity contribution is -0.137. The summed E-state index contributed by atoms with van der Waals surface area (Å²) in [7, 11) is 0. The summed E-state index contributed by atoms with van der Waals surface area (Å²) in [6.45, 7) is 6.57. The maximum Gasteiger partial charge on any atom is 0.417 e. The Balaban J connectivity index is 2.01. The number of benzene rings is 2. The van der Waals surface area contributed by atoms with Gasteiger partial charge in [0.2, 0.25) is 5.91 Å². The van der Waals surface area contributed by atoms with Gasteiger partial charge in [0.25, 0.3) is 5.56 Å². The summed E-state index contributed by atoms with van der Waals surface area (Å²) in [6.07, 6.45) is -4.80. The molecule has 0 saturated heterocycles. The number of fused-ring (bicyclic) bond motifs is 1. The van der Waals surface area contributed by atoms with Crippen LogP contribution < -0.4 is 16.1 Å². The number of nitrogens with zero attached hydrogens (tertiary/aromatic N) is 3. The third kappa shape index (κ3) is 4.44. The highest BCUT2D eigenvalue weighted by Crippen LogP contribution is 2.42. The topological polar surface area (TPSA) is 102 Å². The van der Waals surface area contributed by atoms with Crippen LogP contribution in [0.2, 0.25) is 5.02 Å². The summed E-state index contributed by atoms with van der Waals surface area (Å²) in [5.74, 6) is -1.74. The minimum atomic E-state index is -4.78. The fourth-order valence-corrected chi connectivity index (χ4v) is 5.32. The van der Waals surface area contributed by atoms with Gasteiger partial charge in [0.05, 0.1) is 28.2 Å². The number of hydrogen-bond acceptors (Lipinski definition) is 4. The Labute approximate surface area is 225 Å². The number of alkyl halides is 3. The average Bonchev–Trinajstić information content (AvgIpc) is 3.05. The van der Waals surface area contributed by atoms with E-state index in [1.807, 2.05) is 0 Å². The van der Waals surface area contributed by atoms with Gasteiger partial charge in [-0.3, -0.25) is 18.7 Å². The third-order valence-electron chi connectivity index (χ3n) is 7.00. The zero-order valence-corrected chi connectivity index (χ0v) is 22.3. The predicted molar refractivity (Wildman–Crippen MR) is 139 cm³/mol. The number of carbonyl (C=O) groups excluding carboxylic acids is 1. The molecule has 3 aromatic rings. The Hall–Kier alpha value is -3.86. The summed E-state index contributed by atoms with van der Waals surface area (Å²) in [5, 5.41) is 9.22. The molecule has 1 aliphatic heterocycles. The first-order valence-corrected chi connectivity index (χ1v) is 12.5. The molecule has 1 amide bonds. The highest BCUT2D eigenvalue weighted by atomic mass is 35.5. The van der Waals surface area contributed by atoms with E-state index in [-0.39, 0.29) is 29.3 Å². The number of aromatic carboxylic acids is 1. The SMILES string of the molecule is CCc1c(C(=O)O)c(=O)n(Cc2cccc(C(F)(F)F)c2Cl)c(=O)n1-c1ccc2c(c1)N(CC)C(=O)C2(C)C. The monoisotopic (exact) mass is 563 g/mol. The van der Waals surface area contributed by atoms with Gasteiger partial charge < -0.3 is 10.0 Å². The number of aromatic nitrogens is 2. The highest BCUT2D eigenvalue weighted by Gasteiger charge is 2.43. The van der Waals surface area contributed by atoms with Crippen molar-refractivity contribution < 1.29 is 27.9 Å². The number of carbonyl (C=O) groups is 2. The molecule has 1 aromatic heterocycles. The summed E-state index contributed by atoms with van der Waals surface area (Å²) in [4.78, 5) is 53.8. The molecule has 1 N–H and O–H groups in total. The van der Waals surface area contributed by atoms with Gasteiger partial charge in [0.15, 0.2) is 0 Å². The number of amides is 1. The molecule has 39 heavy (non-hydrogen) atoms. The van der Waals surface area contributed by atoms with Crippen molar-refractivity contribution >= 4 is 29.2 Å². The molecule has 206 valence electrons. The number of rotatable bonds is 6. The first-order chi connectivity index (χ1) is 18.2. The predicted octanol–water partition coefficient (Wildman–Crippen LogP) is 4.62. The molecular formula is C27H25ClF3N3O5. The molecule has 0 unspecified atom stereocenters. The largest absolute Gasteiger partial charge is 0.477 e. The Kier molecular flexibility index (Phi) is 7.01. The standard InChI is InChI=1S/C27H25ClF3N3O5/c1-5-18-20(23(36)37)22(35)33(13-14-8-7-9-17(21(14)28)27(29,30)31)25(39)34(18)15-10-11-16-19(12-15)32(6-2)24(38)26(16,3)4/h7-12H,5-6,13H2,1-4H3,(H,36,37). The number of halogens is 4. The lowest BCUT2D eigenvalue weighted by Crippen LogP contribution is -2.44. The minimum absolute atomic E-state index is 0.0176. The van der Waals surface area contributed by atoms with Gasteiger partial charge in [0, 0.05) is 17.9 Å². The molecule has 0 spiro atoms. The van der Waals surface area contributed by atoms with Crippen LogP contribution in [0, 0.1) is 0 Å². The van der Waals surface area contributed by atoms with Crippen molar-refractivity contribution in [2.75, 3.05) is 11.4 Å². The van der Waals surface area contributed by atoms with E-state index in [0.29, 0.717) is 22.4 Å². The fraction of sp³-hybridized carbons (Fsp3) is 0.333. The van der Waals surface area contributed by atoms with Crippen molar-refractivity contribution in [1.29, 1.82) is 0 Å². The van der Waals surface area contributed by atoms with Crippen LogP contribution >= 0.6 is 11.6 Å². The van der Waals surface area contributed by atoms with Crippen LogP contribution in [0.4, 0.5) is 18.9 Å². The average molecular weight is 564 g/mol. The summed E-state index contributed by atoms with van der Waals surface area (Å²) < 4.78 is 41.8. The van der Waals surface area contributed by atoms with Gasteiger partial charge >= 0.3 is 17.8 Å². The van der Waals surface area contributed by atoms with Crippen molar-refractivity contribution in [3.63, 3.8) is 0 Å². The number of carboxylic acid groups (broad SMARTS) is 1. The van der Waals surface area contributed by atoms with E-state index in [9.17, 15) is 37.5 Å². The lowest BCUT2D eigenvalue weighted by Gasteiger charge is -2.20. The number of hydrogen-bond donors (Lipinski definition) is 1. The summed E-state index contributed by atoms with van der Waals surface area (Å²) in [6, 6.07) is 7.87. The summed E-state index contributed by atoms with van der Waals surface area (Å²) in [5.41, 5.74) is -3.61. The van der Waals surface area contributed by atoms with E-state index in [1.54, 1.807) is 50.8 Å². The molecular weight excluding hydrogens is 539 g/mol. The van der Waals surface area contributed by atoms with Gasteiger partial charge in [-0.25, -0.2) is 9.59 Å². The molecule has 0 atom stereocenters. The van der Waals surface area contributed by atoms with E-state index in [4.69, 9.17) is 11.6 Å². The molecule has 0 saturated carbocycles. The third-order valence-corrected chi connectivity index (χ3v) is 7.45. The Morgan fingerprint density at radius 2 is 1.74 bits per heavy atom. The van der Waals surface area contributed by atoms with Crippen LogP contribution in [0.15, 0.2) is 46.0 Å². The number of likely N-dealkylation sites (N-methyl/N-ethyl adjacent to an activating group) is 1. The maximum atomic E-state index is 13.8. The van der Waals surface area contributed by atoms with E-state index in [0.717, 1.165) is 16.7 Å². The van der Waals surface area contributed by atoms with E-state index < -0.39 is 51.5 Å². The normalized spacial score (nSPS) is 14.6. The van der Waals surface area contributed by atoms with E-state index in [2.05, 4.69) is 0 Å². The van der Waals surface area contributed by atoms with Crippen LogP contribution in [0.1, 0.15) is 60.4 Å². The molecule has 2 heterocycles. The molecule has 1 aliphatic rings. The second kappa shape index (κ2) is 9.71. The molecule has 4 rings (SSSR count). The van der Waals surface area contributed by atoms with Crippen molar-refractivity contribution in [2.24, 2.45) is 0 Å². The first kappa shape index (κ1) is 28.2. The van der Waals surface area contributed by atoms with Crippen LogP contribution in [-0.4, -0.2) is 32.7 Å². The quantitative estimate of drug-likeness (QED) is 0.471. The van der Waals surface area contributed by atoms with Crippen molar-refractivity contribution in [3.8, 4) is 5.69 Å². The van der Waals surface area contributed by atoms with E-state index in [1.165, 1.54) is 6.07 Å². The van der Waals surface area contributed by atoms with Crippen LogP contribution in [-0.2, 0) is 29.4 Å². The van der Waals surface area contributed by atoms with Crippen LogP contribution in [0.25, 0.3) is 5.69 Å². The van der Waals surface area contributed by atoms with Gasteiger partial charge in [-0.05, 0) is 56.5 Å². The molecule has 0 aliphatic carbocycles. The zero-order valence-electron chi connectivity index (χ0n) is 21.5. The highest BCUT2D eigenvalue weighted by molar-refractivity contribution is 6.32. The minimum Gasteiger partial charge on any atom is -0.477 e. The molecule has 8 nitrogen and oxygen atoms in total. The molecule has 0 fully saturated rings. The number of carboxylic acids is 1. The first-order valence-electron chi connectivity index (χ1n) is 12.1. The van der Waals surface area contributed by atoms with Gasteiger partial charge in [-0.15, -0.1) is 0 Å². The Morgan fingerprint density at radius 3 is 2.31 bits per heavy atom. The Morgan fingerprint density at radius 1 is 1.08 bits per heavy atom. The fourth-order valence-electron chi connectivity index (χ4n) is 5.03. The zero-order chi connectivity index (χ0) is 29.0. The summed E-state index contributed by atoms with van der Waals surface area (Å²) >= 11 is 6.00. The van der Waals surface area contributed by atoms with Gasteiger partial charge in [-0.2, -0.15) is 13.2 Å². The smallest absolute Gasteiger partial charge is 0.417 e. The van der Waals surface area contributed by atoms with Gasteiger partial charge in [-0.1, -0.05) is 36.7 Å². The second-order valence-corrected chi connectivity index (χ2v) is 10.0. The molecule has 0 radical (unpaired) electrons. The molecule has 12 heteroatoms. The van der Waals surface area contributed by atoms with Crippen LogP contribution in [0.3, 0.4) is 0 Å². The van der Waals surface area contributed by atoms with Crippen molar-refractivity contribution in [3.05, 3.63) is 90.2 Å². The Bertz CT molecular complexity index is 1640. The van der Waals surface area contributed by atoms with Gasteiger partial charge in [0.1, 0.15) is 5.56 Å². The maximum absolute atomic E-state index is 13.8. The van der Waals surface area contributed by atoms with Crippen molar-refractivity contribution in [2.45, 2.75) is 52.3 Å². The van der Waals surface area contributed by atoms with E-state index >= 15 is 0 Å².